The van der Waals surface area contributed by atoms with E-state index in [1.807, 2.05) is 21.1 Å². The normalized spacial score (nSPS) is 14.6. The van der Waals surface area contributed by atoms with Gasteiger partial charge in [-0.25, -0.2) is 0 Å². The number of hydrogen-bond acceptors (Lipinski definition) is 6. The fourth-order valence-electron chi connectivity index (χ4n) is 9.49. The molecule has 0 bridgehead atoms. The van der Waals surface area contributed by atoms with Gasteiger partial charge >= 0.3 is 0 Å². The molecular weight excluding hydrogens is 1070 g/mol. The second-order valence-corrected chi connectivity index (χ2v) is 25.6. The van der Waals surface area contributed by atoms with Gasteiger partial charge in [-0.2, -0.15) is 0 Å². The van der Waals surface area contributed by atoms with Crippen LogP contribution in [0.2, 0.25) is 0 Å². The Balaban J connectivity index is 4.17. The minimum absolute atomic E-state index is 0.0000813. The van der Waals surface area contributed by atoms with Crippen LogP contribution in [-0.4, -0.2) is 68.5 Å². The van der Waals surface area contributed by atoms with Crippen molar-refractivity contribution in [2.45, 2.75) is 289 Å². The summed E-state index contributed by atoms with van der Waals surface area (Å²) in [6, 6.07) is -0.826. The van der Waals surface area contributed by atoms with Crippen LogP contribution in [0.15, 0.2) is 146 Å². The van der Waals surface area contributed by atoms with Crippen molar-refractivity contribution in [1.29, 1.82) is 0 Å². The molecule has 0 radical (unpaired) electrons. The number of phosphoric ester groups is 1. The van der Waals surface area contributed by atoms with E-state index in [-0.39, 0.29) is 19.1 Å². The molecule has 0 aliphatic rings. The Bertz CT molecular complexity index is 1900. The van der Waals surface area contributed by atoms with Crippen molar-refractivity contribution in [3.63, 3.8) is 0 Å². The minimum Gasteiger partial charge on any atom is -0.756 e. The molecule has 0 aromatic heterocycles. The number of allylic oxidation sites excluding steroid dienone is 24. The van der Waals surface area contributed by atoms with Crippen molar-refractivity contribution in [3.8, 4) is 0 Å². The van der Waals surface area contributed by atoms with Gasteiger partial charge in [-0.1, -0.05) is 314 Å². The van der Waals surface area contributed by atoms with Crippen LogP contribution in [0, 0.1) is 0 Å². The summed E-state index contributed by atoms with van der Waals surface area (Å²) >= 11 is 0. The highest BCUT2D eigenvalue weighted by molar-refractivity contribution is 7.45. The van der Waals surface area contributed by atoms with Crippen LogP contribution in [-0.2, 0) is 18.4 Å². The quantitative estimate of drug-likeness (QED) is 0.0272. The second kappa shape index (κ2) is 64.8. The molecule has 0 spiro atoms. The Morgan fingerprint density at radius 3 is 1.05 bits per heavy atom. The highest BCUT2D eigenvalue weighted by atomic mass is 31.2. The highest BCUT2D eigenvalue weighted by Crippen LogP contribution is 2.38. The van der Waals surface area contributed by atoms with Crippen molar-refractivity contribution in [2.24, 2.45) is 0 Å². The summed E-state index contributed by atoms with van der Waals surface area (Å²) < 4.78 is 23.5. The predicted octanol–water partition coefficient (Wildman–Crippen LogP) is 21.7. The number of carbonyl (C=O) groups excluding carboxylic acids is 1. The molecule has 3 unspecified atom stereocenters. The van der Waals surface area contributed by atoms with Crippen LogP contribution in [0.4, 0.5) is 0 Å². The molecule has 9 heteroatoms. The number of nitrogens with one attached hydrogen (secondary N) is 1. The van der Waals surface area contributed by atoms with Crippen molar-refractivity contribution in [1.82, 2.24) is 5.32 Å². The van der Waals surface area contributed by atoms with E-state index in [1.165, 1.54) is 122 Å². The summed E-state index contributed by atoms with van der Waals surface area (Å²) in [5.74, 6) is -0.192. The molecule has 3 atom stereocenters. The predicted molar refractivity (Wildman–Crippen MR) is 371 cm³/mol. The minimum atomic E-state index is -4.60. The van der Waals surface area contributed by atoms with E-state index >= 15 is 0 Å². The summed E-state index contributed by atoms with van der Waals surface area (Å²) in [7, 11) is 1.27. The first kappa shape index (κ1) is 81.4. The molecule has 0 saturated heterocycles. The fraction of sp³-hybridized carbons (Fsp3) is 0.671. The third-order valence-corrected chi connectivity index (χ3v) is 15.8. The summed E-state index contributed by atoms with van der Waals surface area (Å²) in [5, 5.41) is 14.1. The molecule has 1 amide bonds. The van der Waals surface area contributed by atoms with Crippen LogP contribution in [0.5, 0.6) is 0 Å². The van der Waals surface area contributed by atoms with Gasteiger partial charge in [0.15, 0.2) is 0 Å². The van der Waals surface area contributed by atoms with Crippen LogP contribution >= 0.6 is 7.82 Å². The molecule has 486 valence electrons. The molecule has 2 N–H and O–H groups in total. The van der Waals surface area contributed by atoms with Gasteiger partial charge in [-0.05, 0) is 103 Å². The van der Waals surface area contributed by atoms with Crippen molar-refractivity contribution in [2.75, 3.05) is 40.9 Å². The van der Waals surface area contributed by atoms with E-state index in [4.69, 9.17) is 9.05 Å². The lowest BCUT2D eigenvalue weighted by Crippen LogP contribution is -2.46. The second-order valence-electron chi connectivity index (χ2n) is 24.2. The van der Waals surface area contributed by atoms with Gasteiger partial charge in [0, 0.05) is 6.42 Å². The fourth-order valence-corrected chi connectivity index (χ4v) is 10.2. The van der Waals surface area contributed by atoms with Gasteiger partial charge in [0.2, 0.25) is 5.91 Å². The lowest BCUT2D eigenvalue weighted by atomic mass is 10.0. The van der Waals surface area contributed by atoms with Crippen molar-refractivity contribution in [3.05, 3.63) is 146 Å². The summed E-state index contributed by atoms with van der Waals surface area (Å²) in [6.45, 7) is 4.60. The van der Waals surface area contributed by atoms with Gasteiger partial charge in [-0.3, -0.25) is 9.36 Å². The molecule has 0 aliphatic carbocycles. The van der Waals surface area contributed by atoms with Crippen LogP contribution in [0.25, 0.3) is 0 Å². The maximum Gasteiger partial charge on any atom is 0.268 e. The number of hydrogen-bond donors (Lipinski definition) is 2. The lowest BCUT2D eigenvalue weighted by Gasteiger charge is -2.30. The maximum absolute atomic E-state index is 13.0. The third kappa shape index (κ3) is 67.7. The standard InChI is InChI=1S/C76H131N2O6P/c1-6-8-10-12-14-16-18-20-22-24-26-28-30-31-32-33-34-35-36-37-38-39-40-41-42-43-44-45-46-47-48-50-52-54-56-58-60-62-64-66-68-70-76(80)77-74(73-84-85(81,82)83-72-71-78(3,4)5)75(79)69-67-65-63-61-59-57-55-53-51-49-29-27-25-23-21-19-17-15-13-11-9-7-2/h8,10,14,16,20,22,26,28,31-32,34-35,37-38,40-41,43-44,46-47,50,52,56,58,74-75,79H,6-7,9,11-13,15,17-19,21,23-25,27,29-30,33,36,39,42,45,48-49,51,53-55,57,59-73H2,1-5H3,(H-,77,80,81,82)/b10-8-,16-14-,22-20-,28-26-,32-31-,35-34-,38-37-,41-40-,44-43-,47-46-,52-50-,58-56-. The molecule has 0 saturated carbocycles. The molecule has 85 heavy (non-hydrogen) atoms. The van der Waals surface area contributed by atoms with Crippen LogP contribution in [0.1, 0.15) is 277 Å². The number of phosphoric acid groups is 1. The average Bonchev–Trinajstić information content (AvgIpc) is 3.48. The lowest BCUT2D eigenvalue weighted by molar-refractivity contribution is -0.870. The van der Waals surface area contributed by atoms with Crippen LogP contribution < -0.4 is 10.2 Å². The van der Waals surface area contributed by atoms with E-state index in [1.54, 1.807) is 0 Å². The summed E-state index contributed by atoms with van der Waals surface area (Å²) in [4.78, 5) is 25.6. The van der Waals surface area contributed by atoms with E-state index in [0.717, 1.165) is 128 Å². The molecule has 8 nitrogen and oxygen atoms in total. The Morgan fingerprint density at radius 2 is 0.718 bits per heavy atom. The molecule has 0 aromatic rings. The largest absolute Gasteiger partial charge is 0.756 e. The van der Waals surface area contributed by atoms with E-state index in [2.05, 4.69) is 165 Å². The molecule has 0 fully saturated rings. The smallest absolute Gasteiger partial charge is 0.268 e. The molecule has 0 rings (SSSR count). The molecular formula is C76H131N2O6P. The Hall–Kier alpha value is -3.62. The van der Waals surface area contributed by atoms with E-state index in [0.29, 0.717) is 23.9 Å². The molecule has 0 aliphatic heterocycles. The average molecular weight is 1200 g/mol. The topological polar surface area (TPSA) is 108 Å². The molecule has 0 aromatic carbocycles. The van der Waals surface area contributed by atoms with Gasteiger partial charge < -0.3 is 28.8 Å². The number of likely N-dealkylation sites (N-methyl/N-ethyl adjacent to an activating group) is 1. The number of aliphatic hydroxyl groups is 1. The first-order valence-electron chi connectivity index (χ1n) is 34.7. The van der Waals surface area contributed by atoms with Gasteiger partial charge in [0.05, 0.1) is 39.9 Å². The van der Waals surface area contributed by atoms with Crippen molar-refractivity contribution < 1.29 is 32.9 Å². The van der Waals surface area contributed by atoms with Crippen LogP contribution in [0.3, 0.4) is 0 Å². The van der Waals surface area contributed by atoms with E-state index < -0.39 is 20.0 Å². The zero-order valence-electron chi connectivity index (χ0n) is 55.5. The number of aliphatic hydroxyl groups excluding tert-OH is 1. The zero-order valence-corrected chi connectivity index (χ0v) is 56.4. The van der Waals surface area contributed by atoms with Gasteiger partial charge in [-0.15, -0.1) is 0 Å². The number of quaternary nitrogens is 1. The van der Waals surface area contributed by atoms with Crippen molar-refractivity contribution >= 4 is 13.7 Å². The summed E-state index contributed by atoms with van der Waals surface area (Å²) in [5.41, 5.74) is 0. The number of carbonyl (C=O) groups is 1. The Morgan fingerprint density at radius 1 is 0.424 bits per heavy atom. The van der Waals surface area contributed by atoms with Gasteiger partial charge in [0.25, 0.3) is 7.82 Å². The molecule has 0 heterocycles. The Kier molecular flexibility index (Phi) is 62.1. The first-order valence-corrected chi connectivity index (χ1v) is 36.1. The monoisotopic (exact) mass is 1200 g/mol. The SMILES string of the molecule is CC/C=C\C/C=C\C/C=C\C/C=C\C/C=C\C/C=C\C/C=C\C/C=C\C/C=C\C/C=C\C/C=C\C/C=C\CCCCCCC(=O)NC(COP(=O)([O-])OCC[N+](C)(C)C)C(O)CCCCCCCCCCCCCCCCCCCCCCCC. The number of nitrogens with zero attached hydrogens (tertiary/aromatic N) is 1. The number of unbranched alkanes of at least 4 members (excludes halogenated alkanes) is 25. The highest BCUT2D eigenvalue weighted by Gasteiger charge is 2.24. The number of amides is 1. The van der Waals surface area contributed by atoms with Gasteiger partial charge in [0.1, 0.15) is 13.2 Å². The maximum atomic E-state index is 13.0. The van der Waals surface area contributed by atoms with E-state index in [9.17, 15) is 19.4 Å². The number of rotatable bonds is 62. The summed E-state index contributed by atoms with van der Waals surface area (Å²) in [6.07, 6.45) is 99.1. The third-order valence-electron chi connectivity index (χ3n) is 14.8. The first-order chi connectivity index (χ1) is 41.5. The Labute approximate surface area is 525 Å². The zero-order chi connectivity index (χ0) is 61.9.